The Labute approximate surface area is 131 Å². The average Bonchev–Trinajstić information content (AvgIpc) is 3.16. The predicted molar refractivity (Wildman–Crippen MR) is 82.8 cm³/mol. The SMILES string of the molecule is O=C(O)C1=C(C(=O)Nc2cccc3cccnc23)[C@@H]2C=C[C@H]1O2. The molecule has 1 amide bonds. The van der Waals surface area contributed by atoms with Gasteiger partial charge in [0, 0.05) is 11.6 Å². The van der Waals surface area contributed by atoms with E-state index in [1.807, 2.05) is 24.3 Å². The van der Waals surface area contributed by atoms with Crippen molar-refractivity contribution in [1.82, 2.24) is 4.98 Å². The summed E-state index contributed by atoms with van der Waals surface area (Å²) in [6.07, 6.45) is 3.75. The lowest BCUT2D eigenvalue weighted by molar-refractivity contribution is -0.133. The van der Waals surface area contributed by atoms with E-state index in [1.54, 1.807) is 24.4 Å². The van der Waals surface area contributed by atoms with Crippen LogP contribution in [-0.2, 0) is 14.3 Å². The summed E-state index contributed by atoms with van der Waals surface area (Å²) >= 11 is 0. The molecule has 1 aromatic heterocycles. The third kappa shape index (κ3) is 2.11. The Morgan fingerprint density at radius 3 is 2.61 bits per heavy atom. The van der Waals surface area contributed by atoms with Gasteiger partial charge in [-0.3, -0.25) is 9.78 Å². The van der Waals surface area contributed by atoms with Crippen LogP contribution in [0.25, 0.3) is 10.9 Å². The van der Waals surface area contributed by atoms with Crippen molar-refractivity contribution in [1.29, 1.82) is 0 Å². The molecule has 23 heavy (non-hydrogen) atoms. The standard InChI is InChI=1S/C17H12N2O4/c20-16(13-11-6-7-12(23-11)14(13)17(21)22)19-10-5-1-3-9-4-2-8-18-15(9)10/h1-8,11-12H,(H,19,20)(H,21,22)/t11-,12+/m0/s1. The molecular formula is C17H12N2O4. The van der Waals surface area contributed by atoms with Gasteiger partial charge in [-0.05, 0) is 12.1 Å². The number of hydrogen-bond acceptors (Lipinski definition) is 4. The summed E-state index contributed by atoms with van der Waals surface area (Å²) in [5.74, 6) is -1.61. The molecule has 2 atom stereocenters. The molecule has 2 aliphatic heterocycles. The van der Waals surface area contributed by atoms with Gasteiger partial charge in [0.25, 0.3) is 5.91 Å². The molecular weight excluding hydrogens is 296 g/mol. The first kappa shape index (κ1) is 13.7. The number of carboxylic acid groups (broad SMARTS) is 1. The largest absolute Gasteiger partial charge is 0.478 e. The van der Waals surface area contributed by atoms with Crippen molar-refractivity contribution in [2.24, 2.45) is 0 Å². The molecule has 6 heteroatoms. The summed E-state index contributed by atoms with van der Waals surface area (Å²) < 4.78 is 5.46. The molecule has 6 nitrogen and oxygen atoms in total. The lowest BCUT2D eigenvalue weighted by Crippen LogP contribution is -2.24. The predicted octanol–water partition coefficient (Wildman–Crippen LogP) is 1.89. The molecule has 2 aliphatic rings. The first-order chi connectivity index (χ1) is 11.1. The normalized spacial score (nSPS) is 21.9. The molecule has 0 spiro atoms. The highest BCUT2D eigenvalue weighted by Crippen LogP contribution is 2.35. The van der Waals surface area contributed by atoms with Crippen molar-refractivity contribution in [3.8, 4) is 0 Å². The number of carbonyl (C=O) groups excluding carboxylic acids is 1. The van der Waals surface area contributed by atoms with Crippen LogP contribution in [0.1, 0.15) is 0 Å². The summed E-state index contributed by atoms with van der Waals surface area (Å²) in [6, 6.07) is 9.14. The summed E-state index contributed by atoms with van der Waals surface area (Å²) in [7, 11) is 0. The number of anilines is 1. The molecule has 2 aromatic rings. The van der Waals surface area contributed by atoms with Crippen molar-refractivity contribution in [2.45, 2.75) is 12.2 Å². The molecule has 0 saturated carbocycles. The minimum absolute atomic E-state index is 0.00296. The number of hydrogen-bond donors (Lipinski definition) is 2. The minimum atomic E-state index is -1.14. The second-order valence-corrected chi connectivity index (χ2v) is 5.33. The van der Waals surface area contributed by atoms with Crippen LogP contribution in [0.3, 0.4) is 0 Å². The Morgan fingerprint density at radius 2 is 1.83 bits per heavy atom. The van der Waals surface area contributed by atoms with Crippen LogP contribution < -0.4 is 5.32 Å². The lowest BCUT2D eigenvalue weighted by Gasteiger charge is -2.12. The highest BCUT2D eigenvalue weighted by atomic mass is 16.5. The van der Waals surface area contributed by atoms with Crippen LogP contribution in [0.5, 0.6) is 0 Å². The number of benzene rings is 1. The Morgan fingerprint density at radius 1 is 1.09 bits per heavy atom. The first-order valence-electron chi connectivity index (χ1n) is 7.11. The number of ether oxygens (including phenoxy) is 1. The fourth-order valence-electron chi connectivity index (χ4n) is 2.97. The highest BCUT2D eigenvalue weighted by molar-refractivity contribution is 6.13. The fraction of sp³-hybridized carbons (Fsp3) is 0.118. The summed E-state index contributed by atoms with van der Waals surface area (Å²) in [5.41, 5.74) is 1.35. The number of aromatic nitrogens is 1. The van der Waals surface area contributed by atoms with Crippen LogP contribution in [0, 0.1) is 0 Å². The van der Waals surface area contributed by atoms with Crippen molar-refractivity contribution in [2.75, 3.05) is 5.32 Å². The molecule has 114 valence electrons. The van der Waals surface area contributed by atoms with Gasteiger partial charge in [0.05, 0.1) is 22.4 Å². The first-order valence-corrected chi connectivity index (χ1v) is 7.11. The van der Waals surface area contributed by atoms with Gasteiger partial charge in [-0.2, -0.15) is 0 Å². The third-order valence-electron chi connectivity index (χ3n) is 3.97. The number of aliphatic carboxylic acids is 1. The van der Waals surface area contributed by atoms with E-state index in [-0.39, 0.29) is 11.1 Å². The Hall–Kier alpha value is -2.99. The molecule has 1 aromatic carbocycles. The van der Waals surface area contributed by atoms with E-state index in [1.165, 1.54) is 0 Å². The maximum Gasteiger partial charge on any atom is 0.335 e. The smallest absolute Gasteiger partial charge is 0.335 e. The minimum Gasteiger partial charge on any atom is -0.478 e. The number of nitrogens with zero attached hydrogens (tertiary/aromatic N) is 1. The second-order valence-electron chi connectivity index (χ2n) is 5.33. The van der Waals surface area contributed by atoms with E-state index in [4.69, 9.17) is 4.74 Å². The van der Waals surface area contributed by atoms with Gasteiger partial charge in [-0.25, -0.2) is 4.79 Å². The Bertz CT molecular complexity index is 895. The number of carbonyl (C=O) groups is 2. The number of amides is 1. The number of carboxylic acids is 1. The van der Waals surface area contributed by atoms with E-state index in [2.05, 4.69) is 10.3 Å². The molecule has 3 heterocycles. The molecule has 2 bridgehead atoms. The Kier molecular flexibility index (Phi) is 2.99. The zero-order chi connectivity index (χ0) is 16.0. The number of pyridine rings is 1. The lowest BCUT2D eigenvalue weighted by atomic mass is 9.96. The van der Waals surface area contributed by atoms with Crippen LogP contribution >= 0.6 is 0 Å². The third-order valence-corrected chi connectivity index (χ3v) is 3.97. The highest BCUT2D eigenvalue weighted by Gasteiger charge is 2.42. The van der Waals surface area contributed by atoms with E-state index < -0.39 is 24.1 Å². The van der Waals surface area contributed by atoms with Crippen LogP contribution in [0.15, 0.2) is 59.8 Å². The van der Waals surface area contributed by atoms with E-state index in [0.717, 1.165) is 5.39 Å². The second kappa shape index (κ2) is 5.03. The maximum absolute atomic E-state index is 12.6. The summed E-state index contributed by atoms with van der Waals surface area (Å²) in [4.78, 5) is 28.3. The zero-order valence-electron chi connectivity index (χ0n) is 11.9. The van der Waals surface area contributed by atoms with Gasteiger partial charge < -0.3 is 15.2 Å². The molecule has 4 rings (SSSR count). The van der Waals surface area contributed by atoms with Gasteiger partial charge in [0.1, 0.15) is 12.2 Å². The van der Waals surface area contributed by atoms with Gasteiger partial charge in [0.2, 0.25) is 0 Å². The van der Waals surface area contributed by atoms with E-state index in [0.29, 0.717) is 11.2 Å². The molecule has 0 aliphatic carbocycles. The molecule has 0 saturated heterocycles. The van der Waals surface area contributed by atoms with E-state index >= 15 is 0 Å². The number of para-hydroxylation sites is 1. The van der Waals surface area contributed by atoms with Crippen molar-refractivity contribution >= 4 is 28.5 Å². The zero-order valence-corrected chi connectivity index (χ0v) is 11.9. The average molecular weight is 308 g/mol. The maximum atomic E-state index is 12.6. The number of rotatable bonds is 3. The van der Waals surface area contributed by atoms with Crippen LogP contribution in [-0.4, -0.2) is 34.2 Å². The molecule has 2 N–H and O–H groups in total. The van der Waals surface area contributed by atoms with Crippen molar-refractivity contribution < 1.29 is 19.4 Å². The van der Waals surface area contributed by atoms with E-state index in [9.17, 15) is 14.7 Å². The number of fused-ring (bicyclic) bond motifs is 3. The van der Waals surface area contributed by atoms with Crippen molar-refractivity contribution in [3.05, 3.63) is 59.8 Å². The Balaban J connectivity index is 1.71. The van der Waals surface area contributed by atoms with Gasteiger partial charge in [-0.1, -0.05) is 30.4 Å². The van der Waals surface area contributed by atoms with Crippen LogP contribution in [0.4, 0.5) is 5.69 Å². The summed E-state index contributed by atoms with van der Waals surface area (Å²) in [5, 5.41) is 13.0. The monoisotopic (exact) mass is 308 g/mol. The van der Waals surface area contributed by atoms with Gasteiger partial charge in [-0.15, -0.1) is 0 Å². The van der Waals surface area contributed by atoms with Gasteiger partial charge >= 0.3 is 5.97 Å². The van der Waals surface area contributed by atoms with Gasteiger partial charge in [0.15, 0.2) is 0 Å². The molecule has 0 radical (unpaired) electrons. The molecule has 0 fully saturated rings. The fourth-order valence-corrected chi connectivity index (χ4v) is 2.97. The van der Waals surface area contributed by atoms with Crippen molar-refractivity contribution in [3.63, 3.8) is 0 Å². The summed E-state index contributed by atoms with van der Waals surface area (Å²) in [6.45, 7) is 0. The van der Waals surface area contributed by atoms with Crippen LogP contribution in [0.2, 0.25) is 0 Å². The number of nitrogens with one attached hydrogen (secondary N) is 1. The topological polar surface area (TPSA) is 88.5 Å². The quantitative estimate of drug-likeness (QED) is 0.845. The molecule has 0 unspecified atom stereocenters.